The Bertz CT molecular complexity index is 841. The summed E-state index contributed by atoms with van der Waals surface area (Å²) >= 11 is 0. The van der Waals surface area contributed by atoms with Crippen molar-refractivity contribution in [1.82, 2.24) is 19.7 Å². The SMILES string of the molecule is NC1Cn2c(nc3ccnnc32)C[C@@H]1C1CC(F)=C(F)C=C1F. The molecule has 23 heavy (non-hydrogen) atoms. The topological polar surface area (TPSA) is 69.6 Å². The zero-order chi connectivity index (χ0) is 16.1. The number of halogens is 3. The van der Waals surface area contributed by atoms with Crippen molar-refractivity contribution in [1.29, 1.82) is 0 Å². The summed E-state index contributed by atoms with van der Waals surface area (Å²) in [4.78, 5) is 4.47. The van der Waals surface area contributed by atoms with E-state index >= 15 is 0 Å². The number of hydrogen-bond acceptors (Lipinski definition) is 4. The highest BCUT2D eigenvalue weighted by Gasteiger charge is 2.38. The van der Waals surface area contributed by atoms with Crippen LogP contribution in [0.5, 0.6) is 0 Å². The Morgan fingerprint density at radius 1 is 1.22 bits per heavy atom. The second kappa shape index (κ2) is 5.16. The molecule has 1 aliphatic heterocycles. The molecule has 2 unspecified atom stereocenters. The molecule has 0 saturated heterocycles. The summed E-state index contributed by atoms with van der Waals surface area (Å²) < 4.78 is 42.7. The zero-order valence-electron chi connectivity index (χ0n) is 12.1. The number of rotatable bonds is 1. The molecule has 0 radical (unpaired) electrons. The Balaban J connectivity index is 1.69. The van der Waals surface area contributed by atoms with E-state index in [0.29, 0.717) is 30.2 Å². The summed E-state index contributed by atoms with van der Waals surface area (Å²) in [6.07, 6.45) is 2.26. The lowest BCUT2D eigenvalue weighted by Gasteiger charge is -2.35. The van der Waals surface area contributed by atoms with Gasteiger partial charge in [-0.15, -0.1) is 5.10 Å². The lowest BCUT2D eigenvalue weighted by atomic mass is 9.77. The second-order valence-corrected chi connectivity index (χ2v) is 6.00. The number of aromatic nitrogens is 4. The van der Waals surface area contributed by atoms with Gasteiger partial charge >= 0.3 is 0 Å². The van der Waals surface area contributed by atoms with Gasteiger partial charge < -0.3 is 10.3 Å². The number of allylic oxidation sites excluding steroid dienone is 4. The molecule has 4 rings (SSSR count). The van der Waals surface area contributed by atoms with E-state index in [-0.39, 0.29) is 12.3 Å². The molecular weight excluding hydrogens is 307 g/mol. The smallest absolute Gasteiger partial charge is 0.182 e. The molecule has 3 heterocycles. The van der Waals surface area contributed by atoms with Crippen molar-refractivity contribution < 1.29 is 13.2 Å². The van der Waals surface area contributed by atoms with Gasteiger partial charge in [0.1, 0.15) is 23.0 Å². The summed E-state index contributed by atoms with van der Waals surface area (Å²) in [6.45, 7) is 0.396. The monoisotopic (exact) mass is 321 g/mol. The van der Waals surface area contributed by atoms with Crippen LogP contribution in [0, 0.1) is 11.8 Å². The third-order valence-corrected chi connectivity index (χ3v) is 4.65. The summed E-state index contributed by atoms with van der Waals surface area (Å²) in [5, 5.41) is 7.90. The Labute approximate surface area is 129 Å². The molecular formula is C15H14F3N5. The van der Waals surface area contributed by atoms with Crippen LogP contribution in [-0.4, -0.2) is 25.8 Å². The number of fused-ring (bicyclic) bond motifs is 3. The van der Waals surface area contributed by atoms with E-state index in [2.05, 4.69) is 15.2 Å². The average molecular weight is 321 g/mol. The van der Waals surface area contributed by atoms with Crippen molar-refractivity contribution in [2.45, 2.75) is 25.4 Å². The highest BCUT2D eigenvalue weighted by molar-refractivity contribution is 5.70. The maximum atomic E-state index is 14.1. The largest absolute Gasteiger partial charge is 0.326 e. The molecule has 2 aliphatic rings. The Morgan fingerprint density at radius 2 is 2.04 bits per heavy atom. The molecule has 120 valence electrons. The van der Waals surface area contributed by atoms with Crippen molar-refractivity contribution in [3.63, 3.8) is 0 Å². The molecule has 0 bridgehead atoms. The Kier molecular flexibility index (Phi) is 3.22. The van der Waals surface area contributed by atoms with E-state index in [9.17, 15) is 13.2 Å². The molecule has 2 aromatic heterocycles. The van der Waals surface area contributed by atoms with Crippen LogP contribution < -0.4 is 5.73 Å². The van der Waals surface area contributed by atoms with Crippen LogP contribution in [0.1, 0.15) is 12.2 Å². The van der Waals surface area contributed by atoms with E-state index in [1.54, 1.807) is 12.3 Å². The first-order chi connectivity index (χ1) is 11.0. The van der Waals surface area contributed by atoms with E-state index in [0.717, 1.165) is 5.82 Å². The van der Waals surface area contributed by atoms with Crippen molar-refractivity contribution in [2.24, 2.45) is 17.6 Å². The van der Waals surface area contributed by atoms with Gasteiger partial charge in [-0.3, -0.25) is 0 Å². The van der Waals surface area contributed by atoms with E-state index in [1.165, 1.54) is 0 Å². The van der Waals surface area contributed by atoms with Gasteiger partial charge in [0.2, 0.25) is 0 Å². The average Bonchev–Trinajstić information content (AvgIpc) is 2.88. The van der Waals surface area contributed by atoms with Crippen molar-refractivity contribution in [3.8, 4) is 0 Å². The van der Waals surface area contributed by atoms with Crippen LogP contribution in [0.25, 0.3) is 11.2 Å². The molecule has 3 atom stereocenters. The lowest BCUT2D eigenvalue weighted by Crippen LogP contribution is -2.44. The van der Waals surface area contributed by atoms with Gasteiger partial charge in [-0.1, -0.05) is 0 Å². The van der Waals surface area contributed by atoms with Gasteiger partial charge in [-0.25, -0.2) is 18.2 Å². The van der Waals surface area contributed by atoms with E-state index in [4.69, 9.17) is 5.73 Å². The molecule has 1 aliphatic carbocycles. The predicted molar refractivity (Wildman–Crippen MR) is 77.0 cm³/mol. The number of imidazole rings is 1. The minimum Gasteiger partial charge on any atom is -0.326 e. The maximum Gasteiger partial charge on any atom is 0.182 e. The fourth-order valence-corrected chi connectivity index (χ4v) is 3.47. The normalized spacial score (nSPS) is 28.0. The fraction of sp³-hybridized carbons (Fsp3) is 0.400. The highest BCUT2D eigenvalue weighted by atomic mass is 19.2. The third-order valence-electron chi connectivity index (χ3n) is 4.65. The van der Waals surface area contributed by atoms with Gasteiger partial charge in [-0.2, -0.15) is 5.10 Å². The van der Waals surface area contributed by atoms with Crippen LogP contribution in [0.3, 0.4) is 0 Å². The summed E-state index contributed by atoms with van der Waals surface area (Å²) in [6, 6.07) is 1.34. The molecule has 0 amide bonds. The molecule has 2 aromatic rings. The molecule has 5 nitrogen and oxygen atoms in total. The molecule has 0 saturated carbocycles. The summed E-state index contributed by atoms with van der Waals surface area (Å²) in [5.41, 5.74) is 7.52. The number of nitrogens with two attached hydrogens (primary N) is 1. The number of nitrogens with zero attached hydrogens (tertiary/aromatic N) is 4. The van der Waals surface area contributed by atoms with Gasteiger partial charge in [0.25, 0.3) is 0 Å². The van der Waals surface area contributed by atoms with Crippen molar-refractivity contribution in [3.05, 3.63) is 41.6 Å². The third kappa shape index (κ3) is 2.24. The van der Waals surface area contributed by atoms with Gasteiger partial charge in [0.15, 0.2) is 11.5 Å². The van der Waals surface area contributed by atoms with Crippen LogP contribution in [0.15, 0.2) is 35.8 Å². The Morgan fingerprint density at radius 3 is 2.87 bits per heavy atom. The van der Waals surface area contributed by atoms with Gasteiger partial charge in [0.05, 0.1) is 6.20 Å². The van der Waals surface area contributed by atoms with Crippen molar-refractivity contribution in [2.75, 3.05) is 0 Å². The first kappa shape index (κ1) is 14.4. The van der Waals surface area contributed by atoms with Gasteiger partial charge in [0, 0.05) is 37.4 Å². The zero-order valence-corrected chi connectivity index (χ0v) is 12.1. The lowest BCUT2D eigenvalue weighted by molar-refractivity contribution is 0.217. The summed E-state index contributed by atoms with van der Waals surface area (Å²) in [5.74, 6) is -3.10. The minimum atomic E-state index is -1.13. The molecule has 0 aromatic carbocycles. The maximum absolute atomic E-state index is 14.1. The van der Waals surface area contributed by atoms with E-state index < -0.39 is 29.4 Å². The minimum absolute atomic E-state index is 0.299. The molecule has 0 spiro atoms. The summed E-state index contributed by atoms with van der Waals surface area (Å²) in [7, 11) is 0. The first-order valence-electron chi connectivity index (χ1n) is 7.38. The van der Waals surface area contributed by atoms with E-state index in [1.807, 2.05) is 4.57 Å². The van der Waals surface area contributed by atoms with Crippen LogP contribution in [-0.2, 0) is 13.0 Å². The number of hydrogen-bond donors (Lipinski definition) is 1. The van der Waals surface area contributed by atoms with Crippen LogP contribution in [0.2, 0.25) is 0 Å². The standard InChI is InChI=1S/C15H14F3N5/c16-9-5-11(18)10(17)3-7(9)8-4-14-21-13-1-2-20-22-15(13)23(14)6-12(8)19/h1-2,5,7-8,12H,3-4,6,19H2/t7?,8-,12?/m1/s1. The Hall–Kier alpha value is -2.22. The highest BCUT2D eigenvalue weighted by Crippen LogP contribution is 2.40. The molecule has 0 fully saturated rings. The first-order valence-corrected chi connectivity index (χ1v) is 7.38. The predicted octanol–water partition coefficient (Wildman–Crippen LogP) is 2.35. The molecule has 2 N–H and O–H groups in total. The second-order valence-electron chi connectivity index (χ2n) is 6.00. The molecule has 8 heteroatoms. The van der Waals surface area contributed by atoms with Crippen molar-refractivity contribution >= 4 is 11.2 Å². The van der Waals surface area contributed by atoms with Gasteiger partial charge in [-0.05, 0) is 12.0 Å². The van der Waals surface area contributed by atoms with Crippen LogP contribution in [0.4, 0.5) is 13.2 Å². The van der Waals surface area contributed by atoms with Crippen LogP contribution >= 0.6 is 0 Å². The fourth-order valence-electron chi connectivity index (χ4n) is 3.47. The quantitative estimate of drug-likeness (QED) is 0.875.